The van der Waals surface area contributed by atoms with Crippen LogP contribution in [0.1, 0.15) is 11.1 Å². The number of nitrogens with zero attached hydrogens (tertiary/aromatic N) is 2. The van der Waals surface area contributed by atoms with Gasteiger partial charge in [-0.05, 0) is 61.0 Å². The van der Waals surface area contributed by atoms with Gasteiger partial charge in [0, 0.05) is 17.3 Å². The predicted molar refractivity (Wildman–Crippen MR) is 105 cm³/mol. The highest BCUT2D eigenvalue weighted by Gasteiger charge is 2.06. The third kappa shape index (κ3) is 3.30. The van der Waals surface area contributed by atoms with Crippen LogP contribution < -0.4 is 0 Å². The number of aryl methyl sites for hydroxylation is 1. The maximum Gasteiger partial charge on any atom is 0.124 e. The fraction of sp³-hybridized carbons (Fsp3) is 0.0476. The summed E-state index contributed by atoms with van der Waals surface area (Å²) in [6.45, 7) is 2.09. The van der Waals surface area contributed by atoms with Gasteiger partial charge in [0.2, 0.25) is 0 Å². The van der Waals surface area contributed by atoms with E-state index >= 15 is 0 Å². The number of benzene rings is 3. The number of para-hydroxylation sites is 1. The Morgan fingerprint density at radius 1 is 1.00 bits per heavy atom. The van der Waals surface area contributed by atoms with E-state index in [2.05, 4.69) is 30.1 Å². The Morgan fingerprint density at radius 2 is 1.80 bits per heavy atom. The highest BCUT2D eigenvalue weighted by Crippen LogP contribution is 2.31. The molecule has 0 saturated heterocycles. The van der Waals surface area contributed by atoms with E-state index < -0.39 is 0 Å². The zero-order chi connectivity index (χ0) is 17.2. The number of fused-ring (bicyclic) bond motifs is 1. The molecule has 0 aliphatic rings. The van der Waals surface area contributed by atoms with Crippen molar-refractivity contribution in [2.75, 3.05) is 0 Å². The molecule has 0 radical (unpaired) electrons. The molecule has 0 fully saturated rings. The molecule has 0 unspecified atom stereocenters. The first-order valence-corrected chi connectivity index (χ1v) is 8.80. The molecule has 0 atom stereocenters. The van der Waals surface area contributed by atoms with Crippen LogP contribution in [0.25, 0.3) is 20.8 Å². The smallest absolute Gasteiger partial charge is 0.124 e. The molecule has 4 heteroatoms. The number of rotatable bonds is 3. The zero-order valence-electron chi connectivity index (χ0n) is 13.7. The predicted octanol–water partition coefficient (Wildman–Crippen LogP) is 5.73. The quantitative estimate of drug-likeness (QED) is 0.483. The minimum Gasteiger partial charge on any atom is -0.507 e. The molecule has 0 spiro atoms. The van der Waals surface area contributed by atoms with Crippen molar-refractivity contribution >= 4 is 33.5 Å². The van der Waals surface area contributed by atoms with Gasteiger partial charge >= 0.3 is 0 Å². The van der Waals surface area contributed by atoms with Gasteiger partial charge < -0.3 is 5.11 Å². The Hall–Kier alpha value is -2.98. The van der Waals surface area contributed by atoms with Crippen molar-refractivity contribution in [1.29, 1.82) is 0 Å². The van der Waals surface area contributed by atoms with E-state index in [0.717, 1.165) is 21.8 Å². The lowest BCUT2D eigenvalue weighted by atomic mass is 10.2. The number of hydrogen-bond donors (Lipinski definition) is 1. The second kappa shape index (κ2) is 6.49. The molecule has 25 heavy (non-hydrogen) atoms. The van der Waals surface area contributed by atoms with Crippen LogP contribution in [0, 0.1) is 6.92 Å². The third-order valence-electron chi connectivity index (χ3n) is 3.95. The Labute approximate surface area is 150 Å². The number of phenols is 1. The van der Waals surface area contributed by atoms with Gasteiger partial charge in [-0.1, -0.05) is 18.2 Å². The van der Waals surface area contributed by atoms with Crippen LogP contribution in [0.15, 0.2) is 71.7 Å². The van der Waals surface area contributed by atoms with Crippen molar-refractivity contribution < 1.29 is 5.11 Å². The van der Waals surface area contributed by atoms with Gasteiger partial charge in [0.05, 0.1) is 15.9 Å². The first-order valence-electron chi connectivity index (χ1n) is 7.99. The standard InChI is InChI=1S/C21H16N2OS/c1-14-6-11-18-20(12-14)25-21(23-18)15-7-9-17(10-8-15)22-13-16-4-2-3-5-19(16)24/h2-13,24H,1H3. The molecule has 0 amide bonds. The van der Waals surface area contributed by atoms with Gasteiger partial charge in [-0.2, -0.15) is 0 Å². The number of aromatic hydroxyl groups is 1. The molecular weight excluding hydrogens is 328 g/mol. The summed E-state index contributed by atoms with van der Waals surface area (Å²) in [6, 6.07) is 21.5. The fourth-order valence-corrected chi connectivity index (χ4v) is 3.66. The monoisotopic (exact) mass is 344 g/mol. The van der Waals surface area contributed by atoms with Gasteiger partial charge in [-0.3, -0.25) is 4.99 Å². The van der Waals surface area contributed by atoms with E-state index in [1.807, 2.05) is 36.4 Å². The average Bonchev–Trinajstić information content (AvgIpc) is 3.04. The second-order valence-corrected chi connectivity index (χ2v) is 6.88. The lowest BCUT2D eigenvalue weighted by Gasteiger charge is -1.99. The molecule has 4 aromatic rings. The SMILES string of the molecule is Cc1ccc2nc(-c3ccc(N=Cc4ccccc4O)cc3)sc2c1. The molecule has 122 valence electrons. The molecule has 1 N–H and O–H groups in total. The fourth-order valence-electron chi connectivity index (χ4n) is 2.59. The minimum atomic E-state index is 0.229. The molecule has 1 aromatic heterocycles. The molecule has 0 saturated carbocycles. The number of phenolic OH excluding ortho intramolecular Hbond substituents is 1. The number of aliphatic imine (C=N–C) groups is 1. The van der Waals surface area contributed by atoms with Crippen LogP contribution >= 0.6 is 11.3 Å². The van der Waals surface area contributed by atoms with Crippen LogP contribution in [0.2, 0.25) is 0 Å². The van der Waals surface area contributed by atoms with Crippen LogP contribution in [-0.2, 0) is 0 Å². The van der Waals surface area contributed by atoms with E-state index in [9.17, 15) is 5.11 Å². The zero-order valence-corrected chi connectivity index (χ0v) is 14.5. The number of hydrogen-bond acceptors (Lipinski definition) is 4. The maximum atomic E-state index is 9.77. The van der Waals surface area contributed by atoms with Gasteiger partial charge in [0.1, 0.15) is 10.8 Å². The first kappa shape index (κ1) is 15.5. The Morgan fingerprint density at radius 3 is 2.60 bits per heavy atom. The van der Waals surface area contributed by atoms with Crippen molar-refractivity contribution in [3.63, 3.8) is 0 Å². The summed E-state index contributed by atoms with van der Waals surface area (Å²) >= 11 is 1.70. The highest BCUT2D eigenvalue weighted by atomic mass is 32.1. The summed E-state index contributed by atoms with van der Waals surface area (Å²) in [5.74, 6) is 0.229. The van der Waals surface area contributed by atoms with Gasteiger partial charge in [0.25, 0.3) is 0 Å². The second-order valence-electron chi connectivity index (χ2n) is 5.85. The Bertz CT molecular complexity index is 1060. The van der Waals surface area contributed by atoms with Crippen molar-refractivity contribution in [1.82, 2.24) is 4.98 Å². The van der Waals surface area contributed by atoms with Gasteiger partial charge in [0.15, 0.2) is 0 Å². The summed E-state index contributed by atoms with van der Waals surface area (Å²) in [4.78, 5) is 9.13. The van der Waals surface area contributed by atoms with Crippen LogP contribution in [0.5, 0.6) is 5.75 Å². The normalized spacial score (nSPS) is 11.4. The van der Waals surface area contributed by atoms with E-state index in [1.54, 1.807) is 29.7 Å². The number of aromatic nitrogens is 1. The Kier molecular flexibility index (Phi) is 4.04. The molecule has 1 heterocycles. The summed E-state index contributed by atoms with van der Waals surface area (Å²) in [6.07, 6.45) is 1.67. The lowest BCUT2D eigenvalue weighted by Crippen LogP contribution is -1.81. The van der Waals surface area contributed by atoms with Crippen LogP contribution in [0.3, 0.4) is 0 Å². The molecule has 3 nitrogen and oxygen atoms in total. The molecule has 0 aliphatic heterocycles. The average molecular weight is 344 g/mol. The summed E-state index contributed by atoms with van der Waals surface area (Å²) in [7, 11) is 0. The molecule has 4 rings (SSSR count). The molecule has 0 aliphatic carbocycles. The van der Waals surface area contributed by atoms with Crippen molar-refractivity contribution in [2.45, 2.75) is 6.92 Å². The summed E-state index contributed by atoms with van der Waals surface area (Å²) < 4.78 is 1.21. The topological polar surface area (TPSA) is 45.5 Å². The first-order chi connectivity index (χ1) is 12.2. The highest BCUT2D eigenvalue weighted by molar-refractivity contribution is 7.21. The summed E-state index contributed by atoms with van der Waals surface area (Å²) in [5.41, 5.74) is 4.90. The van der Waals surface area contributed by atoms with Gasteiger partial charge in [-0.25, -0.2) is 4.98 Å². The number of thiazole rings is 1. The van der Waals surface area contributed by atoms with E-state index in [-0.39, 0.29) is 5.75 Å². The third-order valence-corrected chi connectivity index (χ3v) is 5.01. The minimum absolute atomic E-state index is 0.229. The molecular formula is C21H16N2OS. The largest absolute Gasteiger partial charge is 0.507 e. The molecule has 0 bridgehead atoms. The molecule has 3 aromatic carbocycles. The van der Waals surface area contributed by atoms with E-state index in [0.29, 0.717) is 5.56 Å². The van der Waals surface area contributed by atoms with Crippen molar-refractivity contribution in [2.24, 2.45) is 4.99 Å². The Balaban J connectivity index is 1.60. The summed E-state index contributed by atoms with van der Waals surface area (Å²) in [5, 5.41) is 10.8. The maximum absolute atomic E-state index is 9.77. The van der Waals surface area contributed by atoms with Gasteiger partial charge in [-0.15, -0.1) is 11.3 Å². The van der Waals surface area contributed by atoms with Crippen LogP contribution in [0.4, 0.5) is 5.69 Å². The van der Waals surface area contributed by atoms with E-state index in [1.165, 1.54) is 10.3 Å². The van der Waals surface area contributed by atoms with E-state index in [4.69, 9.17) is 4.98 Å². The lowest BCUT2D eigenvalue weighted by molar-refractivity contribution is 0.474. The van der Waals surface area contributed by atoms with Crippen molar-refractivity contribution in [3.05, 3.63) is 77.9 Å². The van der Waals surface area contributed by atoms with Crippen LogP contribution in [-0.4, -0.2) is 16.3 Å². The van der Waals surface area contributed by atoms with Crippen molar-refractivity contribution in [3.8, 4) is 16.3 Å².